The zero-order valence-corrected chi connectivity index (χ0v) is 13.3. The molecule has 7 heteroatoms. The molecule has 2 aromatic heterocycles. The van der Waals surface area contributed by atoms with Gasteiger partial charge in [0.2, 0.25) is 5.82 Å². The zero-order valence-electron chi connectivity index (χ0n) is 11.0. The van der Waals surface area contributed by atoms with E-state index >= 15 is 0 Å². The van der Waals surface area contributed by atoms with Crippen molar-refractivity contribution >= 4 is 46.2 Å². The molecule has 108 valence electrons. The summed E-state index contributed by atoms with van der Waals surface area (Å²) in [4.78, 5) is 5.12. The first-order chi connectivity index (χ1) is 10.7. The van der Waals surface area contributed by atoms with Crippen LogP contribution in [0.25, 0.3) is 22.4 Å². The third-order valence-electron chi connectivity index (χ3n) is 2.77. The molecule has 0 aliphatic rings. The van der Waals surface area contributed by atoms with Gasteiger partial charge in [-0.15, -0.1) is 11.3 Å². The maximum absolute atomic E-state index is 9.30. The van der Waals surface area contributed by atoms with Crippen LogP contribution in [-0.4, -0.2) is 10.1 Å². The summed E-state index contributed by atoms with van der Waals surface area (Å²) in [5, 5.41) is 16.0. The molecule has 0 saturated carbocycles. The molecule has 4 nitrogen and oxygen atoms in total. The second-order valence-electron chi connectivity index (χ2n) is 4.24. The van der Waals surface area contributed by atoms with Crippen molar-refractivity contribution in [2.75, 3.05) is 0 Å². The minimum Gasteiger partial charge on any atom is -0.333 e. The molecule has 0 bridgehead atoms. The van der Waals surface area contributed by atoms with Gasteiger partial charge < -0.3 is 4.52 Å². The van der Waals surface area contributed by atoms with Crippen LogP contribution in [-0.2, 0) is 0 Å². The van der Waals surface area contributed by atoms with E-state index in [0.717, 1.165) is 10.4 Å². The molecule has 3 rings (SSSR count). The highest BCUT2D eigenvalue weighted by molar-refractivity contribution is 7.13. The van der Waals surface area contributed by atoms with Crippen molar-refractivity contribution in [2.24, 2.45) is 0 Å². The number of nitrogens with zero attached hydrogens (tertiary/aromatic N) is 3. The molecular weight excluding hydrogens is 341 g/mol. The molecule has 0 amide bonds. The molecule has 0 aliphatic carbocycles. The number of hydrogen-bond donors (Lipinski definition) is 0. The van der Waals surface area contributed by atoms with Gasteiger partial charge in [-0.3, -0.25) is 0 Å². The van der Waals surface area contributed by atoms with Gasteiger partial charge in [-0.05, 0) is 35.2 Å². The van der Waals surface area contributed by atoms with Crippen LogP contribution in [0.2, 0.25) is 10.0 Å². The maximum Gasteiger partial charge on any atom is 0.268 e. The number of aromatic nitrogens is 2. The number of allylic oxidation sites excluding steroid dienone is 1. The van der Waals surface area contributed by atoms with Crippen molar-refractivity contribution < 1.29 is 4.52 Å². The highest BCUT2D eigenvalue weighted by atomic mass is 35.5. The Hall–Kier alpha value is -2.13. The third kappa shape index (κ3) is 3.04. The van der Waals surface area contributed by atoms with Gasteiger partial charge >= 0.3 is 0 Å². The average molecular weight is 348 g/mol. The second-order valence-corrected chi connectivity index (χ2v) is 6.01. The van der Waals surface area contributed by atoms with Crippen molar-refractivity contribution in [2.45, 2.75) is 0 Å². The van der Waals surface area contributed by atoms with Crippen LogP contribution in [0.4, 0.5) is 0 Å². The minimum atomic E-state index is 0.164. The largest absolute Gasteiger partial charge is 0.333 e. The van der Waals surface area contributed by atoms with Crippen molar-refractivity contribution in [1.29, 1.82) is 5.26 Å². The number of halogens is 2. The summed E-state index contributed by atoms with van der Waals surface area (Å²) in [5.74, 6) is 0.622. The van der Waals surface area contributed by atoms with E-state index in [1.165, 1.54) is 11.3 Å². The molecule has 0 aliphatic heterocycles. The van der Waals surface area contributed by atoms with Crippen LogP contribution >= 0.6 is 34.5 Å². The Morgan fingerprint density at radius 3 is 2.82 bits per heavy atom. The first kappa shape index (κ1) is 14.8. The Morgan fingerprint density at radius 1 is 1.27 bits per heavy atom. The first-order valence-electron chi connectivity index (χ1n) is 6.12. The minimum absolute atomic E-state index is 0.164. The number of rotatable bonds is 3. The van der Waals surface area contributed by atoms with Crippen molar-refractivity contribution in [3.8, 4) is 16.8 Å². The lowest BCUT2D eigenvalue weighted by molar-refractivity contribution is 0.409. The fraction of sp³-hybridized carbons (Fsp3) is 0. The monoisotopic (exact) mass is 347 g/mol. The Morgan fingerprint density at radius 2 is 2.14 bits per heavy atom. The van der Waals surface area contributed by atoms with E-state index in [9.17, 15) is 5.26 Å². The molecule has 0 atom stereocenters. The van der Waals surface area contributed by atoms with E-state index in [0.29, 0.717) is 15.9 Å². The van der Waals surface area contributed by atoms with Gasteiger partial charge in [-0.2, -0.15) is 10.2 Å². The smallest absolute Gasteiger partial charge is 0.268 e. The summed E-state index contributed by atoms with van der Waals surface area (Å²) in [5.41, 5.74) is 0.982. The number of thiophene rings is 1. The van der Waals surface area contributed by atoms with E-state index in [-0.39, 0.29) is 11.5 Å². The highest BCUT2D eigenvalue weighted by Gasteiger charge is 2.13. The molecule has 2 heterocycles. The van der Waals surface area contributed by atoms with Crippen molar-refractivity contribution in [3.63, 3.8) is 0 Å². The topological polar surface area (TPSA) is 62.7 Å². The van der Waals surface area contributed by atoms with E-state index in [4.69, 9.17) is 27.7 Å². The Bertz CT molecular complexity index is 879. The van der Waals surface area contributed by atoms with E-state index in [1.807, 2.05) is 17.5 Å². The highest BCUT2D eigenvalue weighted by Crippen LogP contribution is 2.26. The summed E-state index contributed by atoms with van der Waals surface area (Å²) >= 11 is 13.3. The van der Waals surface area contributed by atoms with Gasteiger partial charge in [0, 0.05) is 0 Å². The number of nitriles is 1. The molecule has 0 fully saturated rings. The predicted molar refractivity (Wildman–Crippen MR) is 87.6 cm³/mol. The van der Waals surface area contributed by atoms with Crippen molar-refractivity contribution in [3.05, 3.63) is 57.2 Å². The number of benzene rings is 1. The van der Waals surface area contributed by atoms with Gasteiger partial charge in [0.15, 0.2) is 0 Å². The standard InChI is InChI=1S/C15H7Cl2N3OS/c16-11-4-3-9(7-12(11)17)6-10(8-18)15-19-14(20-21-15)13-2-1-5-22-13/h1-7H/b10-6+. The van der Waals surface area contributed by atoms with Crippen LogP contribution in [0.5, 0.6) is 0 Å². The summed E-state index contributed by atoms with van der Waals surface area (Å²) in [6.07, 6.45) is 1.62. The van der Waals surface area contributed by atoms with Gasteiger partial charge in [-0.1, -0.05) is 40.5 Å². The van der Waals surface area contributed by atoms with Gasteiger partial charge in [0.1, 0.15) is 11.6 Å². The Labute approximate surface area is 140 Å². The lowest BCUT2D eigenvalue weighted by atomic mass is 10.1. The first-order valence-corrected chi connectivity index (χ1v) is 7.76. The van der Waals surface area contributed by atoms with Gasteiger partial charge in [0.05, 0.1) is 14.9 Å². The Balaban J connectivity index is 1.96. The van der Waals surface area contributed by atoms with Crippen LogP contribution in [0, 0.1) is 11.3 Å². The van der Waals surface area contributed by atoms with Crippen LogP contribution in [0.15, 0.2) is 40.2 Å². The van der Waals surface area contributed by atoms with E-state index in [2.05, 4.69) is 16.2 Å². The van der Waals surface area contributed by atoms with Gasteiger partial charge in [-0.25, -0.2) is 0 Å². The predicted octanol–water partition coefficient (Wildman–Crippen LogP) is 5.17. The normalized spacial score (nSPS) is 11.4. The maximum atomic E-state index is 9.30. The second kappa shape index (κ2) is 6.32. The molecule has 22 heavy (non-hydrogen) atoms. The molecule has 0 saturated heterocycles. The quantitative estimate of drug-likeness (QED) is 0.613. The van der Waals surface area contributed by atoms with Gasteiger partial charge in [0.25, 0.3) is 5.89 Å². The molecule has 0 unspecified atom stereocenters. The summed E-state index contributed by atoms with van der Waals surface area (Å²) < 4.78 is 5.16. The van der Waals surface area contributed by atoms with E-state index in [1.54, 1.807) is 24.3 Å². The fourth-order valence-electron chi connectivity index (χ4n) is 1.75. The average Bonchev–Trinajstić information content (AvgIpc) is 3.18. The Kier molecular flexibility index (Phi) is 4.25. The SMILES string of the molecule is N#C/C(=C\c1ccc(Cl)c(Cl)c1)c1nc(-c2cccs2)no1. The third-order valence-corrected chi connectivity index (χ3v) is 4.38. The molecule has 3 aromatic rings. The molecular formula is C15H7Cl2N3OS. The number of hydrogen-bond acceptors (Lipinski definition) is 5. The van der Waals surface area contributed by atoms with Crippen LogP contribution < -0.4 is 0 Å². The molecule has 0 spiro atoms. The zero-order chi connectivity index (χ0) is 15.5. The molecule has 1 aromatic carbocycles. The lowest BCUT2D eigenvalue weighted by Crippen LogP contribution is -1.83. The molecule has 0 radical (unpaired) electrons. The van der Waals surface area contributed by atoms with Crippen LogP contribution in [0.3, 0.4) is 0 Å². The summed E-state index contributed by atoms with van der Waals surface area (Å²) in [6, 6.07) is 10.9. The fourth-order valence-corrected chi connectivity index (χ4v) is 2.71. The lowest BCUT2D eigenvalue weighted by Gasteiger charge is -1.98. The van der Waals surface area contributed by atoms with Crippen LogP contribution in [0.1, 0.15) is 11.5 Å². The summed E-state index contributed by atoms with van der Waals surface area (Å²) in [6.45, 7) is 0. The van der Waals surface area contributed by atoms with E-state index < -0.39 is 0 Å². The summed E-state index contributed by atoms with van der Waals surface area (Å²) in [7, 11) is 0. The molecule has 0 N–H and O–H groups in total. The van der Waals surface area contributed by atoms with Crippen molar-refractivity contribution in [1.82, 2.24) is 10.1 Å².